The fraction of sp³-hybridized carbons (Fsp3) is 0. The van der Waals surface area contributed by atoms with Gasteiger partial charge in [0, 0.05) is 10.9 Å². The summed E-state index contributed by atoms with van der Waals surface area (Å²) in [6.45, 7) is 0. The Kier molecular flexibility index (Phi) is 4.08. The third kappa shape index (κ3) is 2.98. The van der Waals surface area contributed by atoms with Crippen LogP contribution in [0.4, 0.5) is 0 Å². The number of rotatable bonds is 2. The van der Waals surface area contributed by atoms with Gasteiger partial charge in [0.15, 0.2) is 0 Å². The zero-order valence-electron chi connectivity index (χ0n) is 21.0. The van der Waals surface area contributed by atoms with Crippen molar-refractivity contribution in [2.45, 2.75) is 0 Å². The van der Waals surface area contributed by atoms with Gasteiger partial charge < -0.3 is 4.74 Å². The smallest absolute Gasteiger partial charge is 0.135 e. The number of hydrogen-bond acceptors (Lipinski definition) is 1. The Balaban J connectivity index is 1.48. The third-order valence-corrected chi connectivity index (χ3v) is 7.55. The Morgan fingerprint density at radius 1 is 0.459 bits per heavy atom. The molecule has 0 spiro atoms. The van der Waals surface area contributed by atoms with Crippen LogP contribution in [0.2, 0.25) is 0 Å². The van der Waals surface area contributed by atoms with Crippen LogP contribution in [-0.4, -0.2) is 0 Å². The summed E-state index contributed by atoms with van der Waals surface area (Å²) in [5, 5.41) is 6.73. The maximum atomic E-state index is 9.04. The molecule has 0 saturated heterocycles. The van der Waals surface area contributed by atoms with Crippen molar-refractivity contribution in [2.24, 2.45) is 0 Å². The largest absolute Gasteiger partial charge is 0.456 e. The third-order valence-electron chi connectivity index (χ3n) is 7.55. The molecular formula is C36H22O. The van der Waals surface area contributed by atoms with Crippen LogP contribution in [0.5, 0.6) is 11.5 Å². The average molecular weight is 472 g/mol. The number of hydrogen-bond donors (Lipinski definition) is 0. The van der Waals surface area contributed by atoms with E-state index in [1.165, 1.54) is 21.9 Å². The first-order chi connectivity index (χ1) is 18.8. The fourth-order valence-corrected chi connectivity index (χ4v) is 5.99. The second kappa shape index (κ2) is 7.81. The van der Waals surface area contributed by atoms with Crippen LogP contribution in [0.1, 0.15) is 1.37 Å². The first-order valence-corrected chi connectivity index (χ1v) is 12.6. The molecule has 1 aliphatic heterocycles. The number of ether oxygens (including phenoxy) is 1. The first-order valence-electron chi connectivity index (χ1n) is 13.1. The van der Waals surface area contributed by atoms with Crippen molar-refractivity contribution in [2.75, 3.05) is 0 Å². The van der Waals surface area contributed by atoms with E-state index in [1.807, 2.05) is 30.3 Å². The molecular weight excluding hydrogens is 448 g/mol. The Labute approximate surface area is 216 Å². The zero-order valence-corrected chi connectivity index (χ0v) is 20.0. The summed E-state index contributed by atoms with van der Waals surface area (Å²) in [6, 6.07) is 44.8. The Morgan fingerprint density at radius 2 is 1.14 bits per heavy atom. The Bertz CT molecular complexity index is 2050. The molecule has 0 unspecified atom stereocenters. The minimum absolute atomic E-state index is 0.529. The minimum Gasteiger partial charge on any atom is -0.456 e. The van der Waals surface area contributed by atoms with Gasteiger partial charge in [0.05, 0.1) is 1.37 Å². The van der Waals surface area contributed by atoms with Crippen molar-refractivity contribution in [1.82, 2.24) is 0 Å². The molecule has 0 amide bonds. The van der Waals surface area contributed by atoms with Crippen molar-refractivity contribution < 1.29 is 6.11 Å². The molecule has 0 atom stereocenters. The van der Waals surface area contributed by atoms with E-state index in [0.29, 0.717) is 6.04 Å². The fourth-order valence-electron chi connectivity index (χ4n) is 5.99. The quantitative estimate of drug-likeness (QED) is 0.228. The first kappa shape index (κ1) is 19.3. The Morgan fingerprint density at radius 3 is 1.95 bits per heavy atom. The highest BCUT2D eigenvalue weighted by Crippen LogP contribution is 2.49. The highest BCUT2D eigenvalue weighted by molar-refractivity contribution is 6.21. The number of fused-ring (bicyclic) bond motifs is 4. The van der Waals surface area contributed by atoms with Crippen molar-refractivity contribution in [3.05, 3.63) is 133 Å². The normalized spacial score (nSPS) is 12.4. The van der Waals surface area contributed by atoms with Gasteiger partial charge in [-0.05, 0) is 72.9 Å². The van der Waals surface area contributed by atoms with Gasteiger partial charge in [0.2, 0.25) is 0 Å². The molecule has 1 heteroatoms. The van der Waals surface area contributed by atoms with Gasteiger partial charge in [-0.1, -0.05) is 115 Å². The van der Waals surface area contributed by atoms with Crippen molar-refractivity contribution in [1.29, 1.82) is 0 Å². The molecule has 0 aliphatic carbocycles. The molecule has 1 nitrogen and oxygen atoms in total. The molecule has 8 rings (SSSR count). The second-order valence-corrected chi connectivity index (χ2v) is 9.59. The SMILES string of the molecule is [2H]c1cccc2c(-c3ccccc3)c3ccccc3c(-c3ccc4c(c3)-c3cccc5cccc(c35)O4)c12. The van der Waals surface area contributed by atoms with E-state index in [2.05, 4.69) is 97.1 Å². The molecule has 7 aromatic carbocycles. The van der Waals surface area contributed by atoms with Gasteiger partial charge in [-0.15, -0.1) is 0 Å². The summed E-state index contributed by atoms with van der Waals surface area (Å²) in [5.74, 6) is 1.76. The summed E-state index contributed by atoms with van der Waals surface area (Å²) in [4.78, 5) is 0. The summed E-state index contributed by atoms with van der Waals surface area (Å²) < 4.78 is 15.4. The van der Waals surface area contributed by atoms with Gasteiger partial charge in [0.25, 0.3) is 0 Å². The standard InChI is InChI=1S/C36H22O/c1-2-10-23(11-3-1)34-26-14-4-6-16-28(26)35(29-17-7-5-15-27(29)34)25-20-21-32-31(22-25)30-18-8-12-24-13-9-19-33(37-32)36(24)30/h1-22H/i16D. The molecule has 37 heavy (non-hydrogen) atoms. The topological polar surface area (TPSA) is 9.23 Å². The summed E-state index contributed by atoms with van der Waals surface area (Å²) >= 11 is 0. The van der Waals surface area contributed by atoms with E-state index in [0.717, 1.165) is 55.3 Å². The molecule has 172 valence electrons. The van der Waals surface area contributed by atoms with Crippen molar-refractivity contribution in [3.8, 4) is 44.9 Å². The van der Waals surface area contributed by atoms with E-state index < -0.39 is 0 Å². The van der Waals surface area contributed by atoms with Crippen LogP contribution in [0.25, 0.3) is 65.7 Å². The molecule has 7 aromatic rings. The molecule has 1 heterocycles. The molecule has 0 radical (unpaired) electrons. The van der Waals surface area contributed by atoms with Gasteiger partial charge in [-0.25, -0.2) is 0 Å². The van der Waals surface area contributed by atoms with E-state index in [4.69, 9.17) is 6.11 Å². The molecule has 0 bridgehead atoms. The Hall–Kier alpha value is -4.88. The molecule has 0 saturated carbocycles. The van der Waals surface area contributed by atoms with Crippen LogP contribution >= 0.6 is 0 Å². The minimum atomic E-state index is 0.529. The van der Waals surface area contributed by atoms with Crippen molar-refractivity contribution in [3.63, 3.8) is 0 Å². The van der Waals surface area contributed by atoms with Crippen LogP contribution < -0.4 is 4.74 Å². The lowest BCUT2D eigenvalue weighted by atomic mass is 9.85. The molecule has 1 aliphatic rings. The van der Waals surface area contributed by atoms with Crippen LogP contribution in [0, 0.1) is 0 Å². The predicted molar refractivity (Wildman–Crippen MR) is 155 cm³/mol. The zero-order chi connectivity index (χ0) is 25.2. The van der Waals surface area contributed by atoms with Gasteiger partial charge in [-0.2, -0.15) is 0 Å². The molecule has 0 fully saturated rings. The molecule has 0 aromatic heterocycles. The van der Waals surface area contributed by atoms with Gasteiger partial charge in [-0.3, -0.25) is 0 Å². The van der Waals surface area contributed by atoms with Crippen molar-refractivity contribution >= 4 is 32.3 Å². The van der Waals surface area contributed by atoms with E-state index in [-0.39, 0.29) is 0 Å². The monoisotopic (exact) mass is 471 g/mol. The summed E-state index contributed by atoms with van der Waals surface area (Å²) in [5.41, 5.74) is 6.78. The van der Waals surface area contributed by atoms with E-state index in [1.54, 1.807) is 0 Å². The van der Waals surface area contributed by atoms with Crippen LogP contribution in [0.3, 0.4) is 0 Å². The highest BCUT2D eigenvalue weighted by atomic mass is 16.5. The van der Waals surface area contributed by atoms with Crippen LogP contribution in [-0.2, 0) is 0 Å². The number of benzene rings is 7. The molecule has 0 N–H and O–H groups in total. The lowest BCUT2D eigenvalue weighted by Crippen LogP contribution is -1.97. The van der Waals surface area contributed by atoms with E-state index >= 15 is 0 Å². The summed E-state index contributed by atoms with van der Waals surface area (Å²) in [7, 11) is 0. The highest BCUT2D eigenvalue weighted by Gasteiger charge is 2.22. The van der Waals surface area contributed by atoms with E-state index in [9.17, 15) is 0 Å². The summed E-state index contributed by atoms with van der Waals surface area (Å²) in [6.07, 6.45) is 0. The average Bonchev–Trinajstić information content (AvgIpc) is 2.97. The maximum Gasteiger partial charge on any atom is 0.135 e. The second-order valence-electron chi connectivity index (χ2n) is 9.59. The van der Waals surface area contributed by atoms with Crippen LogP contribution in [0.15, 0.2) is 133 Å². The predicted octanol–water partition coefficient (Wildman–Crippen LogP) is 10.3. The van der Waals surface area contributed by atoms with Gasteiger partial charge >= 0.3 is 0 Å². The maximum absolute atomic E-state index is 9.04. The lowest BCUT2D eigenvalue weighted by Gasteiger charge is -2.23. The lowest BCUT2D eigenvalue weighted by molar-refractivity contribution is 0.487. The van der Waals surface area contributed by atoms with Gasteiger partial charge in [0.1, 0.15) is 11.5 Å².